The molecule has 13 heavy (non-hydrogen) atoms. The topological polar surface area (TPSA) is 90.2 Å². The van der Waals surface area contributed by atoms with E-state index in [1.165, 1.54) is 0 Å². The molecule has 5 nitrogen and oxygen atoms in total. The lowest BCUT2D eigenvalue weighted by atomic mass is 9.98. The summed E-state index contributed by atoms with van der Waals surface area (Å²) in [5, 5.41) is 35.0. The van der Waals surface area contributed by atoms with Crippen LogP contribution in [-0.2, 0) is 4.74 Å². The molecule has 0 amide bonds. The molecule has 4 N–H and O–H groups in total. The summed E-state index contributed by atoms with van der Waals surface area (Å²) in [6.07, 6.45) is -8.26. The van der Waals surface area contributed by atoms with Gasteiger partial charge < -0.3 is 25.2 Å². The van der Waals surface area contributed by atoms with Crippen LogP contribution in [0.4, 0.5) is 8.78 Å². The van der Waals surface area contributed by atoms with Gasteiger partial charge in [0, 0.05) is 0 Å². The largest absolute Gasteiger partial charge is 0.394 e. The molecule has 0 bridgehead atoms. The van der Waals surface area contributed by atoms with Crippen LogP contribution in [0.15, 0.2) is 0 Å². The summed E-state index contributed by atoms with van der Waals surface area (Å²) in [5.41, 5.74) is 0. The highest BCUT2D eigenvalue weighted by Gasteiger charge is 2.56. The van der Waals surface area contributed by atoms with Crippen LogP contribution in [0.3, 0.4) is 0 Å². The van der Waals surface area contributed by atoms with Gasteiger partial charge in [0.15, 0.2) is 6.10 Å². The van der Waals surface area contributed by atoms with Crippen molar-refractivity contribution >= 4 is 0 Å². The monoisotopic (exact) mass is 199 g/mol. The summed E-state index contributed by atoms with van der Waals surface area (Å²) in [6, 6.07) is 0. The van der Waals surface area contributed by atoms with Gasteiger partial charge in [-0.25, -0.2) is 0 Å². The number of rotatable bonds is 1. The molecule has 0 aromatic heterocycles. The smallest absolute Gasteiger partial charge is 0.325 e. The lowest BCUT2D eigenvalue weighted by Gasteiger charge is -2.39. The number of halogens is 2. The van der Waals surface area contributed by atoms with E-state index in [0.717, 1.165) is 0 Å². The molecule has 1 fully saturated rings. The summed E-state index contributed by atoms with van der Waals surface area (Å²) in [7, 11) is 0. The second-order valence-electron chi connectivity index (χ2n) is 2.82. The van der Waals surface area contributed by atoms with Crippen molar-refractivity contribution in [1.29, 1.82) is 0 Å². The van der Waals surface area contributed by atoms with E-state index in [1.54, 1.807) is 0 Å². The molecule has 0 spiro atoms. The van der Waals surface area contributed by atoms with Gasteiger partial charge >= 0.3 is 5.92 Å². The first-order valence-electron chi connectivity index (χ1n) is 3.59. The second kappa shape index (κ2) is 3.43. The maximum atomic E-state index is 12.7. The number of ether oxygens (including phenoxy) is 1. The number of hydrogen-bond acceptors (Lipinski definition) is 5. The van der Waals surface area contributed by atoms with Crippen LogP contribution >= 0.6 is 0 Å². The average molecular weight is 199 g/mol. The van der Waals surface area contributed by atoms with Gasteiger partial charge in [-0.15, -0.1) is 0 Å². The van der Waals surface area contributed by atoms with E-state index >= 15 is 0 Å². The molecule has 5 atom stereocenters. The van der Waals surface area contributed by atoms with Crippen molar-refractivity contribution in [3.63, 3.8) is 0 Å². The van der Waals surface area contributed by atoms with Crippen LogP contribution in [0, 0.1) is 0 Å². The first kappa shape index (κ1) is 10.7. The molecule has 1 rings (SSSR count). The fraction of sp³-hybridized carbons (Fsp3) is 1.00. The zero-order valence-corrected chi connectivity index (χ0v) is 6.47. The Balaban J connectivity index is 2.79. The molecule has 7 heteroatoms. The third kappa shape index (κ3) is 1.65. The summed E-state index contributed by atoms with van der Waals surface area (Å²) < 4.78 is 29.5. The zero-order valence-electron chi connectivity index (χ0n) is 6.47. The van der Waals surface area contributed by atoms with Gasteiger partial charge in [0.2, 0.25) is 6.29 Å². The standard InChI is InChI=1S/C6H10F2O5/c7-6(8)4(11)3(10)2(1-9)13-5(6)12/h2-5,9-12H,1H2/i7-1. The van der Waals surface area contributed by atoms with Gasteiger partial charge in [-0.1, -0.05) is 0 Å². The molecule has 1 heterocycles. The van der Waals surface area contributed by atoms with Gasteiger partial charge in [0.25, 0.3) is 0 Å². The van der Waals surface area contributed by atoms with Crippen LogP contribution in [0.5, 0.6) is 0 Å². The summed E-state index contributed by atoms with van der Waals surface area (Å²) in [5.74, 6) is -3.93. The normalized spacial score (nSPS) is 52.2. The van der Waals surface area contributed by atoms with Crippen molar-refractivity contribution < 1.29 is 33.9 Å². The molecule has 0 saturated carbocycles. The first-order valence-corrected chi connectivity index (χ1v) is 3.59. The van der Waals surface area contributed by atoms with Gasteiger partial charge in [-0.05, 0) is 0 Å². The van der Waals surface area contributed by atoms with E-state index < -0.39 is 37.1 Å². The second-order valence-corrected chi connectivity index (χ2v) is 2.82. The summed E-state index contributed by atoms with van der Waals surface area (Å²) in [4.78, 5) is 0. The molecule has 78 valence electrons. The van der Waals surface area contributed by atoms with Crippen LogP contribution in [-0.4, -0.2) is 57.6 Å². The molecule has 0 radical (unpaired) electrons. The van der Waals surface area contributed by atoms with Gasteiger partial charge in [-0.3, -0.25) is 0 Å². The van der Waals surface area contributed by atoms with E-state index in [0.29, 0.717) is 0 Å². The average Bonchev–Trinajstić information content (AvgIpc) is 2.09. The van der Waals surface area contributed by atoms with Crippen molar-refractivity contribution in [2.24, 2.45) is 0 Å². The van der Waals surface area contributed by atoms with Gasteiger partial charge in [0.05, 0.1) is 6.61 Å². The zero-order chi connectivity index (χ0) is 10.2. The lowest BCUT2D eigenvalue weighted by Crippen LogP contribution is -2.62. The highest BCUT2D eigenvalue weighted by atomic mass is 19.2. The number of alkyl halides is 2. The van der Waals surface area contributed by atoms with E-state index in [4.69, 9.17) is 20.4 Å². The Kier molecular flexibility index (Phi) is 2.83. The van der Waals surface area contributed by atoms with Crippen molar-refractivity contribution in [3.8, 4) is 0 Å². The summed E-state index contributed by atoms with van der Waals surface area (Å²) >= 11 is 0. The van der Waals surface area contributed by atoms with Crippen LogP contribution < -0.4 is 0 Å². The summed E-state index contributed by atoms with van der Waals surface area (Å²) in [6.45, 7) is -0.759. The molecule has 0 aliphatic carbocycles. The first-order chi connectivity index (χ1) is 5.91. The molecule has 1 aliphatic rings. The SMILES string of the molecule is OCC1OC(O)C(F)([18F])C(O)C1O. The highest BCUT2D eigenvalue weighted by Crippen LogP contribution is 2.33. The predicted molar refractivity (Wildman–Crippen MR) is 34.9 cm³/mol. The van der Waals surface area contributed by atoms with E-state index in [1.807, 2.05) is 0 Å². The fourth-order valence-corrected chi connectivity index (χ4v) is 1.06. The van der Waals surface area contributed by atoms with E-state index in [2.05, 4.69) is 4.74 Å². The molecule has 0 aromatic rings. The molecule has 0 aromatic carbocycles. The third-order valence-corrected chi connectivity index (χ3v) is 1.91. The Labute approximate surface area is 72.2 Å². The number of hydrogen-bond donors (Lipinski definition) is 4. The Morgan fingerprint density at radius 2 is 1.77 bits per heavy atom. The maximum absolute atomic E-state index is 12.7. The third-order valence-electron chi connectivity index (χ3n) is 1.91. The van der Waals surface area contributed by atoms with Crippen molar-refractivity contribution in [2.75, 3.05) is 6.61 Å². The highest BCUT2D eigenvalue weighted by molar-refractivity contribution is 4.93. The van der Waals surface area contributed by atoms with Crippen LogP contribution in [0.1, 0.15) is 0 Å². The quantitative estimate of drug-likeness (QED) is 0.394. The number of aliphatic hydroxyl groups is 4. The van der Waals surface area contributed by atoms with Crippen LogP contribution in [0.25, 0.3) is 0 Å². The van der Waals surface area contributed by atoms with Crippen LogP contribution in [0.2, 0.25) is 0 Å². The maximum Gasteiger partial charge on any atom is 0.325 e. The Hall–Kier alpha value is -0.340. The van der Waals surface area contributed by atoms with Crippen molar-refractivity contribution in [2.45, 2.75) is 30.5 Å². The minimum absolute atomic E-state index is 0.759. The lowest BCUT2D eigenvalue weighted by molar-refractivity contribution is -0.345. The Morgan fingerprint density at radius 3 is 2.23 bits per heavy atom. The molecular weight excluding hydrogens is 189 g/mol. The predicted octanol–water partition coefficient (Wildman–Crippen LogP) is -1.95. The molecule has 1 saturated heterocycles. The van der Waals surface area contributed by atoms with Gasteiger partial charge in [0.1, 0.15) is 12.2 Å². The van der Waals surface area contributed by atoms with Crippen molar-refractivity contribution in [3.05, 3.63) is 0 Å². The molecule has 1 aliphatic heterocycles. The fourth-order valence-electron chi connectivity index (χ4n) is 1.06. The Morgan fingerprint density at radius 1 is 1.23 bits per heavy atom. The van der Waals surface area contributed by atoms with Crippen molar-refractivity contribution in [1.82, 2.24) is 0 Å². The van der Waals surface area contributed by atoms with E-state index in [9.17, 15) is 8.78 Å². The van der Waals surface area contributed by atoms with E-state index in [-0.39, 0.29) is 0 Å². The minimum atomic E-state index is -3.93. The minimum Gasteiger partial charge on any atom is -0.394 e. The number of aliphatic hydroxyl groups excluding tert-OH is 4. The Bertz CT molecular complexity index is 188. The molecular formula is C6H10F2O5. The van der Waals surface area contributed by atoms with Gasteiger partial charge in [-0.2, -0.15) is 8.78 Å². The molecule has 5 unspecified atom stereocenters.